The standard InChI is InChI=1S/C14H22BrNO/c1-4-16-13(9-11(2)17-3)10-12-7-5-6-8-14(12)15/h5-8,11,13,16H,4,9-10H2,1-3H3. The lowest BCUT2D eigenvalue weighted by molar-refractivity contribution is 0.101. The van der Waals surface area contributed by atoms with Crippen molar-refractivity contribution in [3.63, 3.8) is 0 Å². The van der Waals surface area contributed by atoms with Gasteiger partial charge in [0, 0.05) is 17.6 Å². The maximum Gasteiger partial charge on any atom is 0.0558 e. The zero-order chi connectivity index (χ0) is 12.7. The molecule has 1 aromatic rings. The van der Waals surface area contributed by atoms with E-state index in [4.69, 9.17) is 4.74 Å². The molecule has 0 amide bonds. The largest absolute Gasteiger partial charge is 0.382 e. The number of rotatable bonds is 7. The maximum absolute atomic E-state index is 5.34. The Morgan fingerprint density at radius 3 is 2.65 bits per heavy atom. The van der Waals surface area contributed by atoms with Gasteiger partial charge in [-0.25, -0.2) is 0 Å². The van der Waals surface area contributed by atoms with E-state index >= 15 is 0 Å². The van der Waals surface area contributed by atoms with Gasteiger partial charge in [0.1, 0.15) is 0 Å². The molecule has 0 saturated heterocycles. The van der Waals surface area contributed by atoms with Crippen molar-refractivity contribution < 1.29 is 4.74 Å². The van der Waals surface area contributed by atoms with Gasteiger partial charge in [-0.1, -0.05) is 41.1 Å². The second kappa shape index (κ2) is 7.85. The molecule has 0 aromatic heterocycles. The smallest absolute Gasteiger partial charge is 0.0558 e. The zero-order valence-electron chi connectivity index (χ0n) is 10.9. The first kappa shape index (κ1) is 14.7. The van der Waals surface area contributed by atoms with Crippen LogP contribution in [0.2, 0.25) is 0 Å². The van der Waals surface area contributed by atoms with Gasteiger partial charge in [-0.3, -0.25) is 0 Å². The van der Waals surface area contributed by atoms with Crippen LogP contribution in [0, 0.1) is 0 Å². The number of methoxy groups -OCH3 is 1. The van der Waals surface area contributed by atoms with Crippen LogP contribution in [0.3, 0.4) is 0 Å². The Balaban J connectivity index is 2.63. The van der Waals surface area contributed by atoms with Crippen molar-refractivity contribution in [2.75, 3.05) is 13.7 Å². The van der Waals surface area contributed by atoms with E-state index in [1.54, 1.807) is 7.11 Å². The summed E-state index contributed by atoms with van der Waals surface area (Å²) in [7, 11) is 1.77. The number of benzene rings is 1. The Hall–Kier alpha value is -0.380. The first-order valence-corrected chi connectivity index (χ1v) is 6.96. The highest BCUT2D eigenvalue weighted by Crippen LogP contribution is 2.19. The highest BCUT2D eigenvalue weighted by Gasteiger charge is 2.13. The molecule has 0 bridgehead atoms. The fraction of sp³-hybridized carbons (Fsp3) is 0.571. The van der Waals surface area contributed by atoms with E-state index in [1.165, 1.54) is 10.0 Å². The molecule has 0 fully saturated rings. The Labute approximate surface area is 113 Å². The van der Waals surface area contributed by atoms with Gasteiger partial charge in [0.05, 0.1) is 6.10 Å². The molecular formula is C14H22BrNO. The molecule has 0 aliphatic heterocycles. The molecule has 0 aliphatic rings. The number of hydrogen-bond acceptors (Lipinski definition) is 2. The van der Waals surface area contributed by atoms with Crippen molar-refractivity contribution in [1.29, 1.82) is 0 Å². The predicted molar refractivity (Wildman–Crippen MR) is 76.4 cm³/mol. The number of nitrogens with one attached hydrogen (secondary N) is 1. The molecule has 1 rings (SSSR count). The third-order valence-electron chi connectivity index (χ3n) is 2.94. The minimum absolute atomic E-state index is 0.293. The summed E-state index contributed by atoms with van der Waals surface area (Å²) in [5.41, 5.74) is 1.35. The molecule has 0 aliphatic carbocycles. The van der Waals surface area contributed by atoms with Crippen LogP contribution in [-0.2, 0) is 11.2 Å². The van der Waals surface area contributed by atoms with Crippen LogP contribution in [0.15, 0.2) is 28.7 Å². The zero-order valence-corrected chi connectivity index (χ0v) is 12.5. The topological polar surface area (TPSA) is 21.3 Å². The third-order valence-corrected chi connectivity index (χ3v) is 3.71. The van der Waals surface area contributed by atoms with Crippen LogP contribution in [0.1, 0.15) is 25.8 Å². The summed E-state index contributed by atoms with van der Waals surface area (Å²) >= 11 is 3.60. The van der Waals surface area contributed by atoms with Crippen LogP contribution in [0.25, 0.3) is 0 Å². The summed E-state index contributed by atoms with van der Waals surface area (Å²) in [5, 5.41) is 3.52. The van der Waals surface area contributed by atoms with Crippen molar-refractivity contribution in [2.45, 2.75) is 38.8 Å². The van der Waals surface area contributed by atoms with Crippen LogP contribution in [0.4, 0.5) is 0 Å². The van der Waals surface area contributed by atoms with Crippen molar-refractivity contribution in [3.8, 4) is 0 Å². The van der Waals surface area contributed by atoms with Gasteiger partial charge in [-0.15, -0.1) is 0 Å². The maximum atomic E-state index is 5.34. The molecule has 0 heterocycles. The van der Waals surface area contributed by atoms with Crippen LogP contribution in [0.5, 0.6) is 0 Å². The number of likely N-dealkylation sites (N-methyl/N-ethyl adjacent to an activating group) is 1. The lowest BCUT2D eigenvalue weighted by atomic mass is 10.0. The SMILES string of the molecule is CCNC(Cc1ccccc1Br)CC(C)OC. The molecule has 1 aromatic carbocycles. The fourth-order valence-electron chi connectivity index (χ4n) is 1.95. The van der Waals surface area contributed by atoms with Gasteiger partial charge in [0.15, 0.2) is 0 Å². The molecule has 0 saturated carbocycles. The van der Waals surface area contributed by atoms with Crippen molar-refractivity contribution in [3.05, 3.63) is 34.3 Å². The van der Waals surface area contributed by atoms with Gasteiger partial charge >= 0.3 is 0 Å². The molecule has 2 nitrogen and oxygen atoms in total. The van der Waals surface area contributed by atoms with Gasteiger partial charge in [-0.2, -0.15) is 0 Å². The average Bonchev–Trinajstić information content (AvgIpc) is 2.32. The van der Waals surface area contributed by atoms with Gasteiger partial charge < -0.3 is 10.1 Å². The van der Waals surface area contributed by atoms with Crippen LogP contribution >= 0.6 is 15.9 Å². The summed E-state index contributed by atoms with van der Waals surface area (Å²) in [6, 6.07) is 8.87. The summed E-state index contributed by atoms with van der Waals surface area (Å²) < 4.78 is 6.53. The van der Waals surface area contributed by atoms with Gasteiger partial charge in [0.25, 0.3) is 0 Å². The Morgan fingerprint density at radius 1 is 1.35 bits per heavy atom. The molecule has 17 heavy (non-hydrogen) atoms. The molecule has 2 atom stereocenters. The second-order valence-electron chi connectivity index (χ2n) is 4.33. The molecule has 0 radical (unpaired) electrons. The number of halogens is 1. The molecular weight excluding hydrogens is 278 g/mol. The van der Waals surface area contributed by atoms with Crippen molar-refractivity contribution in [2.24, 2.45) is 0 Å². The fourth-order valence-corrected chi connectivity index (χ4v) is 2.40. The Kier molecular flexibility index (Phi) is 6.78. The first-order valence-electron chi connectivity index (χ1n) is 6.17. The van der Waals surface area contributed by atoms with Gasteiger partial charge in [0.2, 0.25) is 0 Å². The highest BCUT2D eigenvalue weighted by molar-refractivity contribution is 9.10. The van der Waals surface area contributed by atoms with Crippen molar-refractivity contribution in [1.82, 2.24) is 5.32 Å². The van der Waals surface area contributed by atoms with E-state index < -0.39 is 0 Å². The van der Waals surface area contributed by atoms with E-state index in [9.17, 15) is 0 Å². The minimum atomic E-state index is 0.293. The van der Waals surface area contributed by atoms with E-state index in [1.807, 2.05) is 6.07 Å². The molecule has 96 valence electrons. The molecule has 1 N–H and O–H groups in total. The number of hydrogen-bond donors (Lipinski definition) is 1. The lowest BCUT2D eigenvalue weighted by Gasteiger charge is -2.21. The van der Waals surface area contributed by atoms with E-state index in [0.717, 1.165) is 19.4 Å². The van der Waals surface area contributed by atoms with Gasteiger partial charge in [-0.05, 0) is 37.9 Å². The summed E-state index contributed by atoms with van der Waals surface area (Å²) in [6.45, 7) is 5.25. The average molecular weight is 300 g/mol. The van der Waals surface area contributed by atoms with Crippen LogP contribution < -0.4 is 5.32 Å². The van der Waals surface area contributed by atoms with E-state index in [0.29, 0.717) is 12.1 Å². The van der Waals surface area contributed by atoms with Crippen molar-refractivity contribution >= 4 is 15.9 Å². The quantitative estimate of drug-likeness (QED) is 0.833. The predicted octanol–water partition coefficient (Wildman–Crippen LogP) is 3.39. The van der Waals surface area contributed by atoms with E-state index in [2.05, 4.69) is 53.3 Å². The Bertz CT molecular complexity index is 330. The summed E-state index contributed by atoms with van der Waals surface area (Å²) in [6.07, 6.45) is 2.36. The van der Waals surface area contributed by atoms with E-state index in [-0.39, 0.29) is 0 Å². The number of ether oxygens (including phenoxy) is 1. The monoisotopic (exact) mass is 299 g/mol. The normalized spacial score (nSPS) is 14.6. The lowest BCUT2D eigenvalue weighted by Crippen LogP contribution is -2.34. The summed E-state index contributed by atoms with van der Waals surface area (Å²) in [4.78, 5) is 0. The highest BCUT2D eigenvalue weighted by atomic mass is 79.9. The molecule has 2 unspecified atom stereocenters. The summed E-state index contributed by atoms with van der Waals surface area (Å²) in [5.74, 6) is 0. The molecule has 0 spiro atoms. The third kappa shape index (κ3) is 5.19. The first-order chi connectivity index (χ1) is 8.17. The second-order valence-corrected chi connectivity index (χ2v) is 5.19. The van der Waals surface area contributed by atoms with Crippen LogP contribution in [-0.4, -0.2) is 25.8 Å². The minimum Gasteiger partial charge on any atom is -0.382 e. The Morgan fingerprint density at radius 2 is 2.06 bits per heavy atom. The molecule has 3 heteroatoms.